The molecule has 0 fully saturated rings. The minimum atomic E-state index is -4.33. The highest BCUT2D eigenvalue weighted by atomic mass is 32.1. The lowest BCUT2D eigenvalue weighted by Crippen LogP contribution is -2.30. The van der Waals surface area contributed by atoms with Crippen molar-refractivity contribution in [1.29, 1.82) is 0 Å². The first kappa shape index (κ1) is 19.1. The maximum Gasteiger partial charge on any atom is 0.416 e. The van der Waals surface area contributed by atoms with E-state index in [9.17, 15) is 13.2 Å². The number of methoxy groups -OCH3 is 1. The lowest BCUT2D eigenvalue weighted by atomic mass is 10.1. The third kappa shape index (κ3) is 5.63. The molecule has 0 heterocycles. The molecule has 0 unspecified atom stereocenters. The van der Waals surface area contributed by atoms with Gasteiger partial charge in [-0.1, -0.05) is 18.2 Å². The molecule has 25 heavy (non-hydrogen) atoms. The van der Waals surface area contributed by atoms with Gasteiger partial charge in [-0.05, 0) is 61.0 Å². The molecule has 0 aliphatic rings. The highest BCUT2D eigenvalue weighted by Gasteiger charge is 2.30. The molecule has 2 rings (SSSR count). The Balaban J connectivity index is 1.87. The van der Waals surface area contributed by atoms with Crippen molar-refractivity contribution in [2.24, 2.45) is 0 Å². The molecule has 0 saturated heterocycles. The number of ether oxygens (including phenoxy) is 1. The average molecular weight is 368 g/mol. The fourth-order valence-electron chi connectivity index (χ4n) is 2.29. The van der Waals surface area contributed by atoms with E-state index in [1.165, 1.54) is 6.07 Å². The van der Waals surface area contributed by atoms with Crippen LogP contribution in [0.15, 0.2) is 42.5 Å². The van der Waals surface area contributed by atoms with E-state index in [1.807, 2.05) is 25.1 Å². The summed E-state index contributed by atoms with van der Waals surface area (Å²) in [6.07, 6.45) is -3.89. The summed E-state index contributed by atoms with van der Waals surface area (Å²) in [7, 11) is 1.60. The van der Waals surface area contributed by atoms with Crippen molar-refractivity contribution < 1.29 is 17.9 Å². The fraction of sp³-hybridized carbons (Fsp3) is 0.278. The Morgan fingerprint density at radius 1 is 1.16 bits per heavy atom. The van der Waals surface area contributed by atoms with Crippen LogP contribution in [0.3, 0.4) is 0 Å². The Kier molecular flexibility index (Phi) is 6.25. The first-order chi connectivity index (χ1) is 11.8. The summed E-state index contributed by atoms with van der Waals surface area (Å²) in [4.78, 5) is 0. The van der Waals surface area contributed by atoms with Gasteiger partial charge in [0.2, 0.25) is 0 Å². The second-order valence-corrected chi connectivity index (χ2v) is 5.92. The van der Waals surface area contributed by atoms with E-state index in [0.29, 0.717) is 23.6 Å². The molecule has 0 aliphatic carbocycles. The van der Waals surface area contributed by atoms with Gasteiger partial charge >= 0.3 is 6.18 Å². The summed E-state index contributed by atoms with van der Waals surface area (Å²) in [5, 5.41) is 6.49. The van der Waals surface area contributed by atoms with Crippen LogP contribution in [-0.2, 0) is 12.6 Å². The van der Waals surface area contributed by atoms with Crippen LogP contribution in [0.5, 0.6) is 5.75 Å². The molecule has 3 nitrogen and oxygen atoms in total. The number of hydrogen-bond donors (Lipinski definition) is 2. The second-order valence-electron chi connectivity index (χ2n) is 5.51. The monoisotopic (exact) mass is 368 g/mol. The molecule has 2 N–H and O–H groups in total. The number of halogens is 3. The van der Waals surface area contributed by atoms with Gasteiger partial charge in [-0.25, -0.2) is 0 Å². The molecule has 7 heteroatoms. The number of rotatable bonds is 5. The molecule has 0 aliphatic heterocycles. The summed E-state index contributed by atoms with van der Waals surface area (Å²) < 4.78 is 43.2. The topological polar surface area (TPSA) is 33.3 Å². The summed E-state index contributed by atoms with van der Waals surface area (Å²) >= 11 is 5.22. The molecule has 0 radical (unpaired) electrons. The van der Waals surface area contributed by atoms with Gasteiger partial charge in [0.25, 0.3) is 0 Å². The van der Waals surface area contributed by atoms with Crippen LogP contribution in [0, 0.1) is 6.92 Å². The summed E-state index contributed by atoms with van der Waals surface area (Å²) in [6, 6.07) is 10.9. The molecule has 2 aromatic rings. The van der Waals surface area contributed by atoms with Gasteiger partial charge in [0.15, 0.2) is 5.11 Å². The maximum absolute atomic E-state index is 12.7. The van der Waals surface area contributed by atoms with Crippen molar-refractivity contribution in [2.75, 3.05) is 19.0 Å². The number of benzene rings is 2. The Hall–Kier alpha value is -2.28. The van der Waals surface area contributed by atoms with Gasteiger partial charge in [-0.15, -0.1) is 0 Å². The van der Waals surface area contributed by atoms with E-state index in [2.05, 4.69) is 10.6 Å². The Morgan fingerprint density at radius 3 is 2.56 bits per heavy atom. The molecular formula is C18H19F3N2OS. The second kappa shape index (κ2) is 8.20. The smallest absolute Gasteiger partial charge is 0.416 e. The van der Waals surface area contributed by atoms with E-state index in [4.69, 9.17) is 17.0 Å². The van der Waals surface area contributed by atoms with Crippen LogP contribution in [-0.4, -0.2) is 18.8 Å². The molecule has 0 atom stereocenters. The number of hydrogen-bond acceptors (Lipinski definition) is 2. The van der Waals surface area contributed by atoms with E-state index < -0.39 is 11.7 Å². The van der Waals surface area contributed by atoms with Crippen molar-refractivity contribution >= 4 is 23.0 Å². The molecule has 0 amide bonds. The third-order valence-electron chi connectivity index (χ3n) is 3.64. The number of nitrogens with one attached hydrogen (secondary N) is 2. The number of alkyl halides is 3. The van der Waals surface area contributed by atoms with Crippen molar-refractivity contribution in [2.45, 2.75) is 19.5 Å². The highest BCUT2D eigenvalue weighted by Crippen LogP contribution is 2.29. The number of thiocarbonyl (C=S) groups is 1. The van der Waals surface area contributed by atoms with Gasteiger partial charge in [0, 0.05) is 12.2 Å². The highest BCUT2D eigenvalue weighted by molar-refractivity contribution is 7.80. The van der Waals surface area contributed by atoms with Crippen LogP contribution >= 0.6 is 12.2 Å². The van der Waals surface area contributed by atoms with Crippen molar-refractivity contribution in [1.82, 2.24) is 5.32 Å². The summed E-state index contributed by atoms with van der Waals surface area (Å²) in [6.45, 7) is 2.36. The van der Waals surface area contributed by atoms with Crippen LogP contribution < -0.4 is 15.4 Å². The van der Waals surface area contributed by atoms with Crippen molar-refractivity contribution in [3.05, 3.63) is 59.2 Å². The van der Waals surface area contributed by atoms with Gasteiger partial charge in [-0.3, -0.25) is 0 Å². The zero-order chi connectivity index (χ0) is 18.4. The zero-order valence-electron chi connectivity index (χ0n) is 13.9. The van der Waals surface area contributed by atoms with Gasteiger partial charge in [0.1, 0.15) is 5.75 Å². The molecule has 2 aromatic carbocycles. The quantitative estimate of drug-likeness (QED) is 0.759. The van der Waals surface area contributed by atoms with Crippen LogP contribution in [0.2, 0.25) is 0 Å². The molecule has 0 spiro atoms. The predicted octanol–water partition coefficient (Wildman–Crippen LogP) is 4.55. The average Bonchev–Trinajstić information content (AvgIpc) is 2.56. The standard InChI is InChI=1S/C18H19F3N2OS/c1-12-10-15(24-2)6-7-16(12)23-17(25)22-9-8-13-4-3-5-14(11-13)18(19,20)21/h3-7,10-11H,8-9H2,1-2H3,(H2,22,23,25). The van der Waals surface area contributed by atoms with Crippen molar-refractivity contribution in [3.63, 3.8) is 0 Å². The fourth-order valence-corrected chi connectivity index (χ4v) is 2.51. The van der Waals surface area contributed by atoms with Crippen LogP contribution in [0.4, 0.5) is 18.9 Å². The first-order valence-corrected chi connectivity index (χ1v) is 8.06. The summed E-state index contributed by atoms with van der Waals surface area (Å²) in [5.41, 5.74) is 1.78. The van der Waals surface area contributed by atoms with E-state index in [0.717, 1.165) is 29.1 Å². The Morgan fingerprint density at radius 2 is 1.92 bits per heavy atom. The van der Waals surface area contributed by atoms with Gasteiger partial charge in [-0.2, -0.15) is 13.2 Å². The predicted molar refractivity (Wildman–Crippen MR) is 97.1 cm³/mol. The van der Waals surface area contributed by atoms with E-state index in [-0.39, 0.29) is 0 Å². The SMILES string of the molecule is COc1ccc(NC(=S)NCCc2cccc(C(F)(F)F)c2)c(C)c1. The Bertz CT molecular complexity index is 747. The molecule has 0 saturated carbocycles. The largest absolute Gasteiger partial charge is 0.497 e. The number of aryl methyl sites for hydroxylation is 1. The molecular weight excluding hydrogens is 349 g/mol. The zero-order valence-corrected chi connectivity index (χ0v) is 14.7. The van der Waals surface area contributed by atoms with Crippen LogP contribution in [0.25, 0.3) is 0 Å². The molecule has 0 bridgehead atoms. The lowest BCUT2D eigenvalue weighted by Gasteiger charge is -2.14. The van der Waals surface area contributed by atoms with Crippen molar-refractivity contribution in [3.8, 4) is 5.75 Å². The lowest BCUT2D eigenvalue weighted by molar-refractivity contribution is -0.137. The number of anilines is 1. The van der Waals surface area contributed by atoms with E-state index >= 15 is 0 Å². The third-order valence-corrected chi connectivity index (χ3v) is 3.88. The van der Waals surface area contributed by atoms with Crippen LogP contribution in [0.1, 0.15) is 16.7 Å². The normalized spacial score (nSPS) is 11.1. The Labute approximate surface area is 150 Å². The minimum Gasteiger partial charge on any atom is -0.497 e. The van der Waals surface area contributed by atoms with E-state index in [1.54, 1.807) is 13.2 Å². The minimum absolute atomic E-state index is 0.417. The first-order valence-electron chi connectivity index (χ1n) is 7.65. The molecule has 0 aromatic heterocycles. The summed E-state index contributed by atoms with van der Waals surface area (Å²) in [5.74, 6) is 0.756. The van der Waals surface area contributed by atoms with Gasteiger partial charge < -0.3 is 15.4 Å². The molecule has 134 valence electrons. The maximum atomic E-state index is 12.7. The van der Waals surface area contributed by atoms with Gasteiger partial charge in [0.05, 0.1) is 12.7 Å².